The molecule has 0 bridgehead atoms. The van der Waals surface area contributed by atoms with Crippen LogP contribution in [-0.4, -0.2) is 54.8 Å². The SMILES string of the molecule is [N-]=[N+]=NS(=O)(=O)c1ccc(CN(CCSc2ccccc2)Cc2ccc(CNC(=O)CCCN3C(=O)C(c4ccc(F)cc4F)=C(c4ccc(F)cc4F)C3=O)cc2)cc1. The van der Waals surface area contributed by atoms with Crippen LogP contribution in [0.25, 0.3) is 21.6 Å². The van der Waals surface area contributed by atoms with E-state index < -0.39 is 67.4 Å². The van der Waals surface area contributed by atoms with Gasteiger partial charge in [0.05, 0.1) is 16.0 Å². The number of benzene rings is 5. The Bertz CT molecular complexity index is 2520. The summed E-state index contributed by atoms with van der Waals surface area (Å²) in [6, 6.07) is 28.5. The highest BCUT2D eigenvalue weighted by molar-refractivity contribution is 7.99. The molecule has 0 saturated carbocycles. The third-order valence-electron chi connectivity index (χ3n) is 9.46. The highest BCUT2D eigenvalue weighted by atomic mass is 32.2. The summed E-state index contributed by atoms with van der Waals surface area (Å²) in [5.41, 5.74) is 9.39. The van der Waals surface area contributed by atoms with E-state index in [4.69, 9.17) is 5.53 Å². The Kier molecular flexibility index (Phi) is 14.2. The molecule has 0 radical (unpaired) electrons. The fourth-order valence-electron chi connectivity index (χ4n) is 6.51. The van der Waals surface area contributed by atoms with E-state index in [-0.39, 0.29) is 36.7 Å². The first-order valence-electron chi connectivity index (χ1n) is 18.5. The number of azide groups is 1. The van der Waals surface area contributed by atoms with Gasteiger partial charge >= 0.3 is 0 Å². The van der Waals surface area contributed by atoms with E-state index in [9.17, 15) is 40.4 Å². The van der Waals surface area contributed by atoms with Crippen molar-refractivity contribution in [2.45, 2.75) is 42.3 Å². The van der Waals surface area contributed by atoms with Gasteiger partial charge in [0.25, 0.3) is 21.8 Å². The Morgan fingerprint density at radius 1 is 0.750 bits per heavy atom. The Labute approximate surface area is 347 Å². The molecule has 5 aromatic rings. The van der Waals surface area contributed by atoms with Gasteiger partial charge in [0.2, 0.25) is 5.91 Å². The molecule has 0 aromatic heterocycles. The predicted molar refractivity (Wildman–Crippen MR) is 218 cm³/mol. The summed E-state index contributed by atoms with van der Waals surface area (Å²) in [5, 5.41) is 2.81. The lowest BCUT2D eigenvalue weighted by Crippen LogP contribution is -2.33. The molecule has 0 spiro atoms. The van der Waals surface area contributed by atoms with E-state index in [1.165, 1.54) is 12.1 Å². The summed E-state index contributed by atoms with van der Waals surface area (Å²) in [4.78, 5) is 46.3. The molecule has 1 aliphatic heterocycles. The number of nitrogens with one attached hydrogen (secondary N) is 1. The Hall–Kier alpha value is -6.26. The summed E-state index contributed by atoms with van der Waals surface area (Å²) in [7, 11) is -4.10. The smallest absolute Gasteiger partial charge is 0.264 e. The van der Waals surface area contributed by atoms with Gasteiger partial charge in [0.15, 0.2) is 0 Å². The number of hydrogen-bond donors (Lipinski definition) is 1. The number of imide groups is 1. The number of carbonyl (C=O) groups excluding carboxylic acids is 3. The maximum absolute atomic E-state index is 14.9. The molecular weight excluding hydrogens is 821 g/mol. The number of thioether (sulfide) groups is 1. The number of rotatable bonds is 18. The first-order valence-corrected chi connectivity index (χ1v) is 20.9. The topological polar surface area (TPSA) is 153 Å². The lowest BCUT2D eigenvalue weighted by molar-refractivity contribution is -0.136. The third kappa shape index (κ3) is 10.9. The molecule has 17 heteroatoms. The molecule has 1 N–H and O–H groups in total. The van der Waals surface area contributed by atoms with Gasteiger partial charge < -0.3 is 5.32 Å². The number of hydrogen-bond acceptors (Lipinski definition) is 7. The number of sulfonamides is 1. The second-order valence-electron chi connectivity index (χ2n) is 13.6. The van der Waals surface area contributed by atoms with E-state index >= 15 is 0 Å². The van der Waals surface area contributed by atoms with Crippen molar-refractivity contribution in [1.29, 1.82) is 0 Å². The van der Waals surface area contributed by atoms with Gasteiger partial charge in [0, 0.05) is 82.5 Å². The van der Waals surface area contributed by atoms with Crippen LogP contribution in [0.1, 0.15) is 40.7 Å². The maximum Gasteiger partial charge on any atom is 0.264 e. The largest absolute Gasteiger partial charge is 0.352 e. The summed E-state index contributed by atoms with van der Waals surface area (Å²) in [6.45, 7) is 1.70. The molecule has 5 aromatic carbocycles. The van der Waals surface area contributed by atoms with Crippen molar-refractivity contribution in [3.05, 3.63) is 177 Å². The lowest BCUT2D eigenvalue weighted by Gasteiger charge is -2.23. The molecule has 1 heterocycles. The van der Waals surface area contributed by atoms with Crippen LogP contribution in [0, 0.1) is 23.3 Å². The fraction of sp³-hybridized carbons (Fsp3) is 0.186. The Morgan fingerprint density at radius 3 is 1.82 bits per heavy atom. The average molecular weight is 857 g/mol. The van der Waals surface area contributed by atoms with Gasteiger partial charge in [-0.3, -0.25) is 24.2 Å². The molecule has 0 saturated heterocycles. The van der Waals surface area contributed by atoms with Crippen LogP contribution in [0.3, 0.4) is 0 Å². The minimum Gasteiger partial charge on any atom is -0.352 e. The van der Waals surface area contributed by atoms with Crippen molar-refractivity contribution in [1.82, 2.24) is 15.1 Å². The van der Waals surface area contributed by atoms with Gasteiger partial charge in [-0.25, -0.2) is 26.0 Å². The Morgan fingerprint density at radius 2 is 1.28 bits per heavy atom. The summed E-state index contributed by atoms with van der Waals surface area (Å²) in [6.07, 6.45) is -0.0740. The number of nitrogens with zero attached hydrogens (tertiary/aromatic N) is 5. The standard InChI is InChI=1S/C43H36F4N6O5S2/c44-31-14-18-35(37(46)23-31)40-41(36-19-15-32(45)24-38(36)47)43(56)53(42(40)55)20-4-7-39(54)49-25-28-8-10-29(11-9-28)26-52(21-22-59-33-5-2-1-3-6-33)27-30-12-16-34(17-13-30)60(57,58)51-50-48/h1-3,5-6,8-19,23-24H,4,7,20-22,25-27H2,(H,49,54). The summed E-state index contributed by atoms with van der Waals surface area (Å²) < 4.78 is 84.3. The van der Waals surface area contributed by atoms with Gasteiger partial charge in [-0.2, -0.15) is 0 Å². The van der Waals surface area contributed by atoms with Gasteiger partial charge in [0.1, 0.15) is 23.3 Å². The molecular formula is C43H36F4N6O5S2. The van der Waals surface area contributed by atoms with Crippen molar-refractivity contribution in [2.75, 3.05) is 18.8 Å². The average Bonchev–Trinajstić information content (AvgIpc) is 3.45. The number of halogens is 4. The zero-order valence-corrected chi connectivity index (χ0v) is 33.4. The van der Waals surface area contributed by atoms with Crippen LogP contribution < -0.4 is 5.32 Å². The molecule has 3 amide bonds. The van der Waals surface area contributed by atoms with E-state index in [0.29, 0.717) is 31.8 Å². The molecule has 0 aliphatic carbocycles. The van der Waals surface area contributed by atoms with Crippen molar-refractivity contribution in [3.63, 3.8) is 0 Å². The maximum atomic E-state index is 14.9. The molecule has 1 aliphatic rings. The minimum absolute atomic E-state index is 0.0192. The summed E-state index contributed by atoms with van der Waals surface area (Å²) >= 11 is 1.71. The zero-order valence-electron chi connectivity index (χ0n) is 31.7. The third-order valence-corrected chi connectivity index (χ3v) is 11.6. The fourth-order valence-corrected chi connectivity index (χ4v) is 8.12. The monoisotopic (exact) mass is 856 g/mol. The van der Waals surface area contributed by atoms with Gasteiger partial charge in [-0.15, -0.1) is 11.8 Å². The highest BCUT2D eigenvalue weighted by Gasteiger charge is 2.41. The second-order valence-corrected chi connectivity index (χ2v) is 16.4. The van der Waals surface area contributed by atoms with Crippen LogP contribution in [0.4, 0.5) is 17.6 Å². The van der Waals surface area contributed by atoms with Gasteiger partial charge in [-0.05, 0) is 77.2 Å². The van der Waals surface area contributed by atoms with Crippen LogP contribution in [-0.2, 0) is 44.0 Å². The first-order chi connectivity index (χ1) is 28.8. The zero-order chi connectivity index (χ0) is 42.8. The molecule has 11 nitrogen and oxygen atoms in total. The minimum atomic E-state index is -4.10. The van der Waals surface area contributed by atoms with Crippen molar-refractivity contribution in [2.24, 2.45) is 4.52 Å². The summed E-state index contributed by atoms with van der Waals surface area (Å²) in [5.74, 6) is -5.67. The molecule has 0 atom stereocenters. The molecule has 60 heavy (non-hydrogen) atoms. The van der Waals surface area contributed by atoms with Crippen molar-refractivity contribution >= 4 is 50.7 Å². The lowest BCUT2D eigenvalue weighted by atomic mass is 9.95. The van der Waals surface area contributed by atoms with Crippen LogP contribution in [0.5, 0.6) is 0 Å². The van der Waals surface area contributed by atoms with E-state index in [1.807, 2.05) is 54.6 Å². The number of carbonyl (C=O) groups is 3. The van der Waals surface area contributed by atoms with Crippen LogP contribution in [0.15, 0.2) is 130 Å². The highest BCUT2D eigenvalue weighted by Crippen LogP contribution is 2.38. The Balaban J connectivity index is 1.04. The van der Waals surface area contributed by atoms with Crippen LogP contribution >= 0.6 is 11.8 Å². The second kappa shape index (κ2) is 19.7. The predicted octanol–water partition coefficient (Wildman–Crippen LogP) is 8.41. The van der Waals surface area contributed by atoms with E-state index in [0.717, 1.165) is 56.5 Å². The number of amides is 3. The van der Waals surface area contributed by atoms with Crippen LogP contribution in [0.2, 0.25) is 0 Å². The van der Waals surface area contributed by atoms with Crippen molar-refractivity contribution < 1.29 is 40.4 Å². The molecule has 0 fully saturated rings. The quantitative estimate of drug-likeness (QED) is 0.0232. The van der Waals surface area contributed by atoms with E-state index in [2.05, 4.69) is 19.6 Å². The van der Waals surface area contributed by atoms with Gasteiger partial charge in [-0.1, -0.05) is 54.6 Å². The van der Waals surface area contributed by atoms with E-state index in [1.54, 1.807) is 23.9 Å². The molecule has 308 valence electrons. The van der Waals surface area contributed by atoms with Crippen molar-refractivity contribution in [3.8, 4) is 0 Å². The molecule has 0 unspecified atom stereocenters. The normalized spacial score (nSPS) is 12.9. The first kappa shape index (κ1) is 43.3. The molecule has 6 rings (SSSR count).